The molecule has 56 valence electrons. The standard InChI is InChI=1S/C9H10N2/c1-7-2-3-9(11)6-8(7)4-5-10/h2-3,6H,4,11H2,1H3. The molecule has 0 radical (unpaired) electrons. The van der Waals surface area contributed by atoms with Crippen molar-refractivity contribution in [3.63, 3.8) is 0 Å². The summed E-state index contributed by atoms with van der Waals surface area (Å²) in [7, 11) is 0. The second-order valence-electron chi connectivity index (χ2n) is 2.52. The van der Waals surface area contributed by atoms with E-state index in [0.717, 1.165) is 16.8 Å². The Morgan fingerprint density at radius 1 is 1.55 bits per heavy atom. The molecule has 0 aliphatic carbocycles. The topological polar surface area (TPSA) is 49.8 Å². The van der Waals surface area contributed by atoms with E-state index in [9.17, 15) is 0 Å². The minimum Gasteiger partial charge on any atom is -0.399 e. The van der Waals surface area contributed by atoms with Crippen LogP contribution in [-0.2, 0) is 6.42 Å². The Balaban J connectivity index is 3.05. The molecule has 2 nitrogen and oxygen atoms in total. The van der Waals surface area contributed by atoms with Gasteiger partial charge < -0.3 is 5.73 Å². The lowest BCUT2D eigenvalue weighted by molar-refractivity contribution is 1.21. The van der Waals surface area contributed by atoms with Gasteiger partial charge in [0.05, 0.1) is 12.5 Å². The van der Waals surface area contributed by atoms with Gasteiger partial charge in [0.2, 0.25) is 0 Å². The summed E-state index contributed by atoms with van der Waals surface area (Å²) in [6.07, 6.45) is 0.441. The Labute approximate surface area is 66.3 Å². The Morgan fingerprint density at radius 3 is 2.91 bits per heavy atom. The van der Waals surface area contributed by atoms with Gasteiger partial charge in [0, 0.05) is 5.69 Å². The van der Waals surface area contributed by atoms with Gasteiger partial charge in [-0.15, -0.1) is 0 Å². The van der Waals surface area contributed by atoms with Crippen molar-refractivity contribution >= 4 is 5.69 Å². The molecule has 0 heterocycles. The molecule has 0 amide bonds. The van der Waals surface area contributed by atoms with Crippen molar-refractivity contribution in [3.05, 3.63) is 29.3 Å². The summed E-state index contributed by atoms with van der Waals surface area (Å²) in [6, 6.07) is 7.72. The molecule has 1 aromatic rings. The van der Waals surface area contributed by atoms with Gasteiger partial charge in [0.1, 0.15) is 0 Å². The van der Waals surface area contributed by atoms with E-state index >= 15 is 0 Å². The van der Waals surface area contributed by atoms with Crippen LogP contribution in [0.2, 0.25) is 0 Å². The van der Waals surface area contributed by atoms with Gasteiger partial charge in [-0.3, -0.25) is 0 Å². The summed E-state index contributed by atoms with van der Waals surface area (Å²) in [5.74, 6) is 0. The molecule has 0 bridgehead atoms. The van der Waals surface area contributed by atoms with Gasteiger partial charge >= 0.3 is 0 Å². The van der Waals surface area contributed by atoms with Gasteiger partial charge in [0.15, 0.2) is 0 Å². The zero-order valence-electron chi connectivity index (χ0n) is 6.46. The molecule has 11 heavy (non-hydrogen) atoms. The van der Waals surface area contributed by atoms with Crippen LogP contribution < -0.4 is 5.73 Å². The van der Waals surface area contributed by atoms with Crippen LogP contribution in [0.15, 0.2) is 18.2 Å². The van der Waals surface area contributed by atoms with Crippen LogP contribution in [0.5, 0.6) is 0 Å². The minimum atomic E-state index is 0.441. The number of rotatable bonds is 1. The largest absolute Gasteiger partial charge is 0.399 e. The zero-order chi connectivity index (χ0) is 8.27. The second-order valence-corrected chi connectivity index (χ2v) is 2.52. The molecule has 2 heteroatoms. The van der Waals surface area contributed by atoms with Gasteiger partial charge in [-0.1, -0.05) is 6.07 Å². The van der Waals surface area contributed by atoms with Crippen LogP contribution in [-0.4, -0.2) is 0 Å². The average molecular weight is 146 g/mol. The summed E-state index contributed by atoms with van der Waals surface area (Å²) < 4.78 is 0. The lowest BCUT2D eigenvalue weighted by Gasteiger charge is -2.01. The Kier molecular flexibility index (Phi) is 2.12. The first kappa shape index (κ1) is 7.62. The molecule has 0 aliphatic heterocycles. The van der Waals surface area contributed by atoms with E-state index in [1.807, 2.05) is 25.1 Å². The van der Waals surface area contributed by atoms with Crippen LogP contribution in [0.3, 0.4) is 0 Å². The third kappa shape index (κ3) is 1.71. The highest BCUT2D eigenvalue weighted by molar-refractivity contribution is 5.45. The fraction of sp³-hybridized carbons (Fsp3) is 0.222. The van der Waals surface area contributed by atoms with E-state index in [4.69, 9.17) is 11.0 Å². The summed E-state index contributed by atoms with van der Waals surface area (Å²) in [5, 5.41) is 8.44. The number of aryl methyl sites for hydroxylation is 1. The molecular weight excluding hydrogens is 136 g/mol. The number of hydrogen-bond acceptors (Lipinski definition) is 2. The van der Waals surface area contributed by atoms with Crippen LogP contribution in [0.4, 0.5) is 5.69 Å². The fourth-order valence-electron chi connectivity index (χ4n) is 0.967. The first-order chi connectivity index (χ1) is 5.24. The van der Waals surface area contributed by atoms with E-state index in [-0.39, 0.29) is 0 Å². The third-order valence-electron chi connectivity index (χ3n) is 1.64. The molecule has 2 N–H and O–H groups in total. The molecule has 0 atom stereocenters. The van der Waals surface area contributed by atoms with E-state index in [1.165, 1.54) is 0 Å². The number of anilines is 1. The normalized spacial score (nSPS) is 9.09. The van der Waals surface area contributed by atoms with Gasteiger partial charge in [-0.25, -0.2) is 0 Å². The predicted molar refractivity (Wildman–Crippen MR) is 44.9 cm³/mol. The van der Waals surface area contributed by atoms with Crippen LogP contribution in [0.1, 0.15) is 11.1 Å². The number of nitrogen functional groups attached to an aromatic ring is 1. The maximum absolute atomic E-state index is 8.44. The van der Waals surface area contributed by atoms with E-state index in [0.29, 0.717) is 6.42 Å². The molecule has 1 aromatic carbocycles. The number of nitrogens with zero attached hydrogens (tertiary/aromatic N) is 1. The predicted octanol–water partition coefficient (Wildman–Crippen LogP) is 1.64. The fourth-order valence-corrected chi connectivity index (χ4v) is 0.967. The van der Waals surface area contributed by atoms with Gasteiger partial charge in [0.25, 0.3) is 0 Å². The first-order valence-corrected chi connectivity index (χ1v) is 3.46. The average Bonchev–Trinajstić information content (AvgIpc) is 1.98. The molecule has 1 rings (SSSR count). The van der Waals surface area contributed by atoms with E-state index in [1.54, 1.807) is 0 Å². The van der Waals surface area contributed by atoms with Crippen LogP contribution >= 0.6 is 0 Å². The van der Waals surface area contributed by atoms with E-state index < -0.39 is 0 Å². The molecule has 0 fully saturated rings. The second kappa shape index (κ2) is 3.07. The highest BCUT2D eigenvalue weighted by Gasteiger charge is 1.96. The monoisotopic (exact) mass is 146 g/mol. The molecule has 0 saturated heterocycles. The van der Waals surface area contributed by atoms with Crippen molar-refractivity contribution in [2.45, 2.75) is 13.3 Å². The van der Waals surface area contributed by atoms with Crippen molar-refractivity contribution in [1.82, 2.24) is 0 Å². The van der Waals surface area contributed by atoms with Gasteiger partial charge in [-0.05, 0) is 30.2 Å². The smallest absolute Gasteiger partial charge is 0.0669 e. The maximum atomic E-state index is 8.44. The van der Waals surface area contributed by atoms with Crippen molar-refractivity contribution < 1.29 is 0 Å². The van der Waals surface area contributed by atoms with Crippen molar-refractivity contribution in [1.29, 1.82) is 5.26 Å². The quantitative estimate of drug-likeness (QED) is 0.612. The summed E-state index contributed by atoms with van der Waals surface area (Å²) in [5.41, 5.74) is 8.42. The highest BCUT2D eigenvalue weighted by atomic mass is 14.5. The van der Waals surface area contributed by atoms with Crippen LogP contribution in [0.25, 0.3) is 0 Å². The molecule has 0 unspecified atom stereocenters. The van der Waals surface area contributed by atoms with Crippen molar-refractivity contribution in [2.24, 2.45) is 0 Å². The van der Waals surface area contributed by atoms with Crippen molar-refractivity contribution in [3.8, 4) is 6.07 Å². The number of benzene rings is 1. The Morgan fingerprint density at radius 2 is 2.27 bits per heavy atom. The zero-order valence-corrected chi connectivity index (χ0v) is 6.46. The third-order valence-corrected chi connectivity index (χ3v) is 1.64. The Bertz CT molecular complexity index is 297. The van der Waals surface area contributed by atoms with Crippen molar-refractivity contribution in [2.75, 3.05) is 5.73 Å². The number of hydrogen-bond donors (Lipinski definition) is 1. The number of nitriles is 1. The molecule has 0 spiro atoms. The lowest BCUT2D eigenvalue weighted by atomic mass is 10.1. The summed E-state index contributed by atoms with van der Waals surface area (Å²) in [4.78, 5) is 0. The lowest BCUT2D eigenvalue weighted by Crippen LogP contribution is -1.91. The molecule has 0 aromatic heterocycles. The van der Waals surface area contributed by atoms with Gasteiger partial charge in [-0.2, -0.15) is 5.26 Å². The maximum Gasteiger partial charge on any atom is 0.0669 e. The highest BCUT2D eigenvalue weighted by Crippen LogP contribution is 2.12. The summed E-state index contributed by atoms with van der Waals surface area (Å²) >= 11 is 0. The minimum absolute atomic E-state index is 0.441. The molecular formula is C9H10N2. The number of nitrogens with two attached hydrogens (primary N) is 1. The summed E-state index contributed by atoms with van der Waals surface area (Å²) in [6.45, 7) is 1.98. The van der Waals surface area contributed by atoms with Crippen LogP contribution in [0, 0.1) is 18.3 Å². The Hall–Kier alpha value is -1.49. The van der Waals surface area contributed by atoms with E-state index in [2.05, 4.69) is 6.07 Å². The SMILES string of the molecule is Cc1ccc(N)cc1CC#N. The molecule has 0 saturated carbocycles. The molecule has 0 aliphatic rings. The first-order valence-electron chi connectivity index (χ1n) is 3.46.